The lowest BCUT2D eigenvalue weighted by Gasteiger charge is -2.35. The van der Waals surface area contributed by atoms with Crippen molar-refractivity contribution < 1.29 is 4.39 Å². The van der Waals surface area contributed by atoms with Crippen molar-refractivity contribution in [3.05, 3.63) is 102 Å². The van der Waals surface area contributed by atoms with Gasteiger partial charge in [-0.05, 0) is 67.3 Å². The van der Waals surface area contributed by atoms with Crippen LogP contribution in [0.4, 0.5) is 4.39 Å². The van der Waals surface area contributed by atoms with Crippen LogP contribution >= 0.6 is 0 Å². The standard InChI is InChI=1S/C28H27FN4.C2H6/c1-19-5-3-4-6-25(19)20(2)33-17-13-23(14-18-33)28-26(21-11-15-30-16-12-21)27(31-32-28)22-7-9-24(29)10-8-22;1-2/h3-12,15-16,23H,2,13-14,17-18H2,1H3,(H,31,32);1-2H3. The smallest absolute Gasteiger partial charge is 0.123 e. The zero-order valence-corrected chi connectivity index (χ0v) is 20.8. The Kier molecular flexibility index (Phi) is 7.76. The number of aromatic amines is 1. The van der Waals surface area contributed by atoms with E-state index in [-0.39, 0.29) is 5.82 Å². The van der Waals surface area contributed by atoms with Gasteiger partial charge in [-0.2, -0.15) is 5.10 Å². The largest absolute Gasteiger partial charge is 0.371 e. The van der Waals surface area contributed by atoms with E-state index in [0.29, 0.717) is 5.92 Å². The average Bonchev–Trinajstić information content (AvgIpc) is 3.36. The SMILES string of the molecule is C=C(c1ccccc1C)N1CCC(c2[nH]nc(-c3ccc(F)cc3)c2-c2ccncc2)CC1.CC. The number of pyridine rings is 1. The van der Waals surface area contributed by atoms with Gasteiger partial charge in [0.2, 0.25) is 0 Å². The Morgan fingerprint density at radius 3 is 2.26 bits per heavy atom. The minimum Gasteiger partial charge on any atom is -0.371 e. The van der Waals surface area contributed by atoms with E-state index in [0.717, 1.165) is 59.7 Å². The van der Waals surface area contributed by atoms with E-state index in [1.807, 2.05) is 26.0 Å². The van der Waals surface area contributed by atoms with E-state index in [1.165, 1.54) is 23.3 Å². The van der Waals surface area contributed by atoms with E-state index >= 15 is 0 Å². The lowest BCUT2D eigenvalue weighted by Crippen LogP contribution is -2.31. The molecule has 1 N–H and O–H groups in total. The molecule has 35 heavy (non-hydrogen) atoms. The molecule has 0 saturated carbocycles. The van der Waals surface area contributed by atoms with Gasteiger partial charge in [-0.1, -0.05) is 44.7 Å². The predicted molar refractivity (Wildman–Crippen MR) is 142 cm³/mol. The molecule has 0 spiro atoms. The third-order valence-electron chi connectivity index (χ3n) is 6.62. The first kappa shape index (κ1) is 24.4. The van der Waals surface area contributed by atoms with Crippen LogP contribution in [0.5, 0.6) is 0 Å². The molecule has 4 nitrogen and oxygen atoms in total. The van der Waals surface area contributed by atoms with Gasteiger partial charge < -0.3 is 4.90 Å². The summed E-state index contributed by atoms with van der Waals surface area (Å²) >= 11 is 0. The fourth-order valence-corrected chi connectivity index (χ4v) is 4.78. The number of nitrogens with one attached hydrogen (secondary N) is 1. The van der Waals surface area contributed by atoms with Crippen molar-refractivity contribution in [3.8, 4) is 22.4 Å². The van der Waals surface area contributed by atoms with Gasteiger partial charge in [0.25, 0.3) is 0 Å². The summed E-state index contributed by atoms with van der Waals surface area (Å²) in [6.45, 7) is 12.4. The van der Waals surface area contributed by atoms with Gasteiger partial charge in [0.15, 0.2) is 0 Å². The van der Waals surface area contributed by atoms with Crippen LogP contribution in [0.15, 0.2) is 79.6 Å². The summed E-state index contributed by atoms with van der Waals surface area (Å²) < 4.78 is 13.5. The minimum absolute atomic E-state index is 0.249. The van der Waals surface area contributed by atoms with Crippen molar-refractivity contribution >= 4 is 5.70 Å². The Hall–Kier alpha value is -3.73. The highest BCUT2D eigenvalue weighted by atomic mass is 19.1. The van der Waals surface area contributed by atoms with E-state index in [1.54, 1.807) is 24.5 Å². The molecule has 2 aromatic carbocycles. The molecule has 1 aliphatic heterocycles. The average molecular weight is 469 g/mol. The first-order valence-electron chi connectivity index (χ1n) is 12.4. The molecular formula is C30H33FN4. The van der Waals surface area contributed by atoms with Gasteiger partial charge in [-0.25, -0.2) is 4.39 Å². The van der Waals surface area contributed by atoms with Gasteiger partial charge in [0.05, 0.1) is 0 Å². The lowest BCUT2D eigenvalue weighted by atomic mass is 9.87. The number of hydrogen-bond acceptors (Lipinski definition) is 3. The molecule has 0 aliphatic carbocycles. The van der Waals surface area contributed by atoms with Crippen LogP contribution in [0.2, 0.25) is 0 Å². The molecule has 1 aliphatic rings. The summed E-state index contributed by atoms with van der Waals surface area (Å²) in [5.74, 6) is 0.108. The van der Waals surface area contributed by atoms with Crippen molar-refractivity contribution in [2.45, 2.75) is 39.5 Å². The number of rotatable bonds is 5. The highest BCUT2D eigenvalue weighted by molar-refractivity contribution is 5.82. The maximum atomic E-state index is 13.5. The van der Waals surface area contributed by atoms with Gasteiger partial charge >= 0.3 is 0 Å². The maximum absolute atomic E-state index is 13.5. The molecule has 2 aromatic heterocycles. The van der Waals surface area contributed by atoms with E-state index < -0.39 is 0 Å². The third kappa shape index (κ3) is 5.19. The summed E-state index contributed by atoms with van der Waals surface area (Å²) in [6, 6.07) is 19.0. The van der Waals surface area contributed by atoms with Crippen LogP contribution in [0.1, 0.15) is 49.4 Å². The Morgan fingerprint density at radius 2 is 1.60 bits per heavy atom. The number of likely N-dealkylation sites (tertiary alicyclic amines) is 1. The number of piperidine rings is 1. The molecule has 5 heteroatoms. The topological polar surface area (TPSA) is 44.8 Å². The number of aryl methyl sites for hydroxylation is 1. The quantitative estimate of drug-likeness (QED) is 0.330. The number of halogens is 1. The summed E-state index contributed by atoms with van der Waals surface area (Å²) in [5, 5.41) is 8.02. The third-order valence-corrected chi connectivity index (χ3v) is 6.62. The van der Waals surface area contributed by atoms with Crippen molar-refractivity contribution in [2.24, 2.45) is 0 Å². The maximum Gasteiger partial charge on any atom is 0.123 e. The second-order valence-corrected chi connectivity index (χ2v) is 8.63. The van der Waals surface area contributed by atoms with Crippen LogP contribution in [0.25, 0.3) is 28.1 Å². The fraction of sp³-hybridized carbons (Fsp3) is 0.267. The highest BCUT2D eigenvalue weighted by Gasteiger charge is 2.28. The Labute approximate surface area is 207 Å². The monoisotopic (exact) mass is 468 g/mol. The zero-order chi connectivity index (χ0) is 24.8. The molecule has 0 atom stereocenters. The fourth-order valence-electron chi connectivity index (χ4n) is 4.78. The number of hydrogen-bond donors (Lipinski definition) is 1. The Morgan fingerprint density at radius 1 is 0.943 bits per heavy atom. The molecule has 180 valence electrons. The predicted octanol–water partition coefficient (Wildman–Crippen LogP) is 7.46. The number of aromatic nitrogens is 3. The number of nitrogens with zero attached hydrogens (tertiary/aromatic N) is 3. The second kappa shape index (κ2) is 11.1. The minimum atomic E-state index is -0.249. The van der Waals surface area contributed by atoms with E-state index in [4.69, 9.17) is 0 Å². The van der Waals surface area contributed by atoms with Crippen molar-refractivity contribution in [3.63, 3.8) is 0 Å². The molecule has 5 rings (SSSR count). The van der Waals surface area contributed by atoms with Crippen molar-refractivity contribution in [1.82, 2.24) is 20.1 Å². The summed E-state index contributed by atoms with van der Waals surface area (Å²) in [6.07, 6.45) is 5.62. The van der Waals surface area contributed by atoms with Crippen molar-refractivity contribution in [1.29, 1.82) is 0 Å². The van der Waals surface area contributed by atoms with Gasteiger partial charge in [-0.15, -0.1) is 0 Å². The molecule has 0 radical (unpaired) electrons. The molecule has 0 unspecified atom stereocenters. The molecule has 0 amide bonds. The highest BCUT2D eigenvalue weighted by Crippen LogP contribution is 2.40. The molecular weight excluding hydrogens is 435 g/mol. The summed E-state index contributed by atoms with van der Waals surface area (Å²) in [7, 11) is 0. The van der Waals surface area contributed by atoms with Gasteiger partial charge in [-0.3, -0.25) is 10.1 Å². The van der Waals surface area contributed by atoms with Crippen LogP contribution in [-0.2, 0) is 0 Å². The first-order valence-corrected chi connectivity index (χ1v) is 12.4. The molecule has 1 fully saturated rings. The molecule has 3 heterocycles. The normalized spacial score (nSPS) is 13.8. The molecule has 0 bridgehead atoms. The van der Waals surface area contributed by atoms with E-state index in [9.17, 15) is 4.39 Å². The van der Waals surface area contributed by atoms with Gasteiger partial charge in [0.1, 0.15) is 11.5 Å². The van der Waals surface area contributed by atoms with Gasteiger partial charge in [0, 0.05) is 59.5 Å². The van der Waals surface area contributed by atoms with Crippen LogP contribution in [0, 0.1) is 12.7 Å². The van der Waals surface area contributed by atoms with Crippen molar-refractivity contribution in [2.75, 3.05) is 13.1 Å². The number of H-pyrrole nitrogens is 1. The van der Waals surface area contributed by atoms with Crippen LogP contribution in [0.3, 0.4) is 0 Å². The first-order chi connectivity index (χ1) is 17.1. The summed E-state index contributed by atoms with van der Waals surface area (Å²) in [5.41, 5.74) is 8.61. The lowest BCUT2D eigenvalue weighted by molar-refractivity contribution is 0.297. The van der Waals surface area contributed by atoms with E-state index in [2.05, 4.69) is 57.8 Å². The van der Waals surface area contributed by atoms with Crippen LogP contribution < -0.4 is 0 Å². The zero-order valence-electron chi connectivity index (χ0n) is 20.8. The molecule has 4 aromatic rings. The second-order valence-electron chi connectivity index (χ2n) is 8.63. The Bertz CT molecular complexity index is 1250. The van der Waals surface area contributed by atoms with Crippen LogP contribution in [-0.4, -0.2) is 33.2 Å². The Balaban J connectivity index is 0.00000141. The number of benzene rings is 2. The molecule has 1 saturated heterocycles. The summed E-state index contributed by atoms with van der Waals surface area (Å²) in [4.78, 5) is 6.57.